The third-order valence-electron chi connectivity index (χ3n) is 2.27. The summed E-state index contributed by atoms with van der Waals surface area (Å²) in [4.78, 5) is 11.7. The van der Waals surface area contributed by atoms with Crippen LogP contribution in [-0.4, -0.2) is 9.13 Å². The van der Waals surface area contributed by atoms with Crippen molar-refractivity contribution in [3.8, 4) is 0 Å². The fourth-order valence-corrected chi connectivity index (χ4v) is 1.58. The first kappa shape index (κ1) is 10.6. The minimum atomic E-state index is 0.00972. The van der Waals surface area contributed by atoms with Crippen LogP contribution in [0.15, 0.2) is 17.4 Å². The third-order valence-corrected chi connectivity index (χ3v) is 2.27. The first-order valence-electron chi connectivity index (χ1n) is 4.72. The van der Waals surface area contributed by atoms with Crippen molar-refractivity contribution in [3.63, 3.8) is 0 Å². The summed E-state index contributed by atoms with van der Waals surface area (Å²) in [5, 5.41) is 0. The summed E-state index contributed by atoms with van der Waals surface area (Å²) in [6, 6.07) is 0. The van der Waals surface area contributed by atoms with E-state index in [1.54, 1.807) is 22.3 Å². The Morgan fingerprint density at radius 3 is 2.50 bits per heavy atom. The van der Waals surface area contributed by atoms with Crippen molar-refractivity contribution in [1.29, 1.82) is 0 Å². The number of rotatable bonds is 3. The van der Waals surface area contributed by atoms with Crippen LogP contribution in [0.1, 0.15) is 25.2 Å². The van der Waals surface area contributed by atoms with E-state index in [0.29, 0.717) is 6.54 Å². The summed E-state index contributed by atoms with van der Waals surface area (Å²) >= 11 is 0. The Morgan fingerprint density at radius 2 is 2.07 bits per heavy atom. The number of hydrogen-bond donors (Lipinski definition) is 0. The molecular formula is C11H16N2O. The molecule has 76 valence electrons. The van der Waals surface area contributed by atoms with Crippen LogP contribution >= 0.6 is 0 Å². The first-order chi connectivity index (χ1) is 6.67. The lowest BCUT2D eigenvalue weighted by Gasteiger charge is -1.99. The molecular weight excluding hydrogens is 176 g/mol. The van der Waals surface area contributed by atoms with E-state index >= 15 is 0 Å². The molecule has 0 spiro atoms. The van der Waals surface area contributed by atoms with E-state index < -0.39 is 0 Å². The second-order valence-electron chi connectivity index (χ2n) is 3.06. The average molecular weight is 192 g/mol. The molecule has 0 saturated carbocycles. The molecule has 0 bridgehead atoms. The van der Waals surface area contributed by atoms with Crippen molar-refractivity contribution < 1.29 is 0 Å². The highest BCUT2D eigenvalue weighted by atomic mass is 16.1. The van der Waals surface area contributed by atoms with Crippen LogP contribution in [0, 0.1) is 0 Å². The molecule has 1 aromatic rings. The molecule has 0 aliphatic rings. The molecule has 1 aromatic heterocycles. The van der Waals surface area contributed by atoms with E-state index in [-0.39, 0.29) is 5.69 Å². The van der Waals surface area contributed by atoms with Crippen molar-refractivity contribution in [2.24, 2.45) is 7.05 Å². The van der Waals surface area contributed by atoms with Gasteiger partial charge in [-0.2, -0.15) is 0 Å². The van der Waals surface area contributed by atoms with Gasteiger partial charge in [0.2, 0.25) is 0 Å². The second-order valence-corrected chi connectivity index (χ2v) is 3.06. The van der Waals surface area contributed by atoms with E-state index in [2.05, 4.69) is 6.58 Å². The predicted molar refractivity (Wildman–Crippen MR) is 60.1 cm³/mol. The Balaban J connectivity index is 3.57. The molecule has 1 rings (SSSR count). The highest BCUT2D eigenvalue weighted by Crippen LogP contribution is 2.10. The molecule has 0 unspecified atom stereocenters. The third kappa shape index (κ3) is 1.45. The number of nitrogens with zero attached hydrogens (tertiary/aromatic N) is 2. The summed E-state index contributed by atoms with van der Waals surface area (Å²) in [5.74, 6) is 0. The van der Waals surface area contributed by atoms with Gasteiger partial charge in [-0.3, -0.25) is 9.13 Å². The Hall–Kier alpha value is -1.51. The Labute approximate surface area is 84.0 Å². The molecule has 1 heterocycles. The Morgan fingerprint density at radius 1 is 1.43 bits per heavy atom. The standard InChI is InChI=1S/C11H16N2O/c1-5-8-10-9(6-2)12(4)11(14)13(10)7-3/h5-6,8H,2,7H2,1,3-4H3/b8-5-. The minimum Gasteiger partial charge on any atom is -0.295 e. The van der Waals surface area contributed by atoms with Gasteiger partial charge in [0.25, 0.3) is 0 Å². The maximum atomic E-state index is 11.7. The first-order valence-corrected chi connectivity index (χ1v) is 4.72. The van der Waals surface area contributed by atoms with Gasteiger partial charge in [0.15, 0.2) is 0 Å². The lowest BCUT2D eigenvalue weighted by atomic mass is 10.3. The van der Waals surface area contributed by atoms with Gasteiger partial charge in [-0.15, -0.1) is 0 Å². The van der Waals surface area contributed by atoms with Crippen molar-refractivity contribution in [1.82, 2.24) is 9.13 Å². The van der Waals surface area contributed by atoms with Crippen LogP contribution in [-0.2, 0) is 13.6 Å². The van der Waals surface area contributed by atoms with Crippen molar-refractivity contribution >= 4 is 12.2 Å². The smallest absolute Gasteiger partial charge is 0.295 e. The van der Waals surface area contributed by atoms with Gasteiger partial charge < -0.3 is 0 Å². The molecule has 0 aromatic carbocycles. The predicted octanol–water partition coefficient (Wildman–Crippen LogP) is 1.88. The monoisotopic (exact) mass is 192 g/mol. The zero-order valence-corrected chi connectivity index (χ0v) is 8.95. The fourth-order valence-electron chi connectivity index (χ4n) is 1.58. The number of allylic oxidation sites excluding steroid dienone is 1. The summed E-state index contributed by atoms with van der Waals surface area (Å²) in [6.07, 6.45) is 5.57. The van der Waals surface area contributed by atoms with Crippen LogP contribution < -0.4 is 5.69 Å². The van der Waals surface area contributed by atoms with Crippen LogP contribution in [0.3, 0.4) is 0 Å². The van der Waals surface area contributed by atoms with Crippen LogP contribution in [0.2, 0.25) is 0 Å². The highest BCUT2D eigenvalue weighted by Gasteiger charge is 2.10. The molecule has 0 aliphatic carbocycles. The molecule has 0 saturated heterocycles. The van der Waals surface area contributed by atoms with Gasteiger partial charge in [-0.1, -0.05) is 12.7 Å². The number of aromatic nitrogens is 2. The molecule has 3 heteroatoms. The summed E-state index contributed by atoms with van der Waals surface area (Å²) in [5.41, 5.74) is 1.81. The molecule has 0 atom stereocenters. The lowest BCUT2D eigenvalue weighted by Crippen LogP contribution is -2.22. The lowest BCUT2D eigenvalue weighted by molar-refractivity contribution is 0.690. The van der Waals surface area contributed by atoms with E-state index in [1.165, 1.54) is 0 Å². The summed E-state index contributed by atoms with van der Waals surface area (Å²) in [7, 11) is 1.76. The SMILES string of the molecule is C=Cc1c(/C=C\C)n(CC)c(=O)n1C. The Kier molecular flexibility index (Phi) is 3.12. The summed E-state index contributed by atoms with van der Waals surface area (Å²) < 4.78 is 3.35. The van der Waals surface area contributed by atoms with E-state index in [0.717, 1.165) is 11.4 Å². The van der Waals surface area contributed by atoms with Gasteiger partial charge in [-0.25, -0.2) is 4.79 Å². The van der Waals surface area contributed by atoms with Crippen LogP contribution in [0.5, 0.6) is 0 Å². The maximum Gasteiger partial charge on any atom is 0.328 e. The van der Waals surface area contributed by atoms with Crippen molar-refractivity contribution in [2.75, 3.05) is 0 Å². The quantitative estimate of drug-likeness (QED) is 0.718. The van der Waals surface area contributed by atoms with E-state index in [1.807, 2.05) is 26.0 Å². The zero-order valence-electron chi connectivity index (χ0n) is 8.95. The van der Waals surface area contributed by atoms with Gasteiger partial charge in [0.05, 0.1) is 11.4 Å². The molecule has 14 heavy (non-hydrogen) atoms. The molecule has 0 amide bonds. The fraction of sp³-hybridized carbons (Fsp3) is 0.364. The zero-order chi connectivity index (χ0) is 10.7. The molecule has 0 fully saturated rings. The van der Waals surface area contributed by atoms with Crippen molar-refractivity contribution in [3.05, 3.63) is 34.5 Å². The van der Waals surface area contributed by atoms with Crippen LogP contribution in [0.4, 0.5) is 0 Å². The van der Waals surface area contributed by atoms with Gasteiger partial charge in [0, 0.05) is 13.6 Å². The normalized spacial score (nSPS) is 11.1. The maximum absolute atomic E-state index is 11.7. The molecule has 0 N–H and O–H groups in total. The van der Waals surface area contributed by atoms with Crippen LogP contribution in [0.25, 0.3) is 12.2 Å². The highest BCUT2D eigenvalue weighted by molar-refractivity contribution is 5.59. The Bertz CT molecular complexity index is 421. The minimum absolute atomic E-state index is 0.00972. The second kappa shape index (κ2) is 4.13. The average Bonchev–Trinajstić information content (AvgIpc) is 2.40. The topological polar surface area (TPSA) is 26.9 Å². The van der Waals surface area contributed by atoms with E-state index in [9.17, 15) is 4.79 Å². The molecule has 0 radical (unpaired) electrons. The summed E-state index contributed by atoms with van der Waals surface area (Å²) in [6.45, 7) is 8.29. The number of imidazole rings is 1. The van der Waals surface area contributed by atoms with E-state index in [4.69, 9.17) is 0 Å². The molecule has 0 aliphatic heterocycles. The largest absolute Gasteiger partial charge is 0.328 e. The molecule has 3 nitrogen and oxygen atoms in total. The van der Waals surface area contributed by atoms with Gasteiger partial charge in [-0.05, 0) is 26.0 Å². The van der Waals surface area contributed by atoms with Crippen molar-refractivity contribution in [2.45, 2.75) is 20.4 Å². The van der Waals surface area contributed by atoms with Gasteiger partial charge >= 0.3 is 5.69 Å². The number of hydrogen-bond acceptors (Lipinski definition) is 1. The van der Waals surface area contributed by atoms with Gasteiger partial charge in [0.1, 0.15) is 0 Å².